The van der Waals surface area contributed by atoms with Gasteiger partial charge in [-0.2, -0.15) is 0 Å². The van der Waals surface area contributed by atoms with E-state index in [0.717, 1.165) is 18.1 Å². The number of rotatable bonds is 6. The highest BCUT2D eigenvalue weighted by atomic mass is 32.1. The summed E-state index contributed by atoms with van der Waals surface area (Å²) in [4.78, 5) is 14.0. The monoisotopic (exact) mass is 327 g/mol. The highest BCUT2D eigenvalue weighted by Crippen LogP contribution is 2.22. The fraction of sp³-hybridized carbons (Fsp3) is 0.786. The average Bonchev–Trinajstić information content (AvgIpc) is 2.95. The molecule has 0 radical (unpaired) electrons. The number of β-amino-alcohol motifs (C(OH)–C–C–N with tert-alkyl or cyclic N) is 1. The highest BCUT2D eigenvalue weighted by Gasteiger charge is 2.16. The van der Waals surface area contributed by atoms with E-state index >= 15 is 0 Å². The minimum atomic E-state index is -0.551. The third-order valence-corrected chi connectivity index (χ3v) is 4.71. The van der Waals surface area contributed by atoms with E-state index in [1.54, 1.807) is 0 Å². The lowest BCUT2D eigenvalue weighted by atomic mass is 10.1. The molecule has 1 saturated heterocycles. The van der Waals surface area contributed by atoms with E-state index in [9.17, 15) is 9.90 Å². The van der Waals surface area contributed by atoms with Crippen molar-refractivity contribution >= 4 is 22.5 Å². The molecule has 1 aliphatic heterocycles. The summed E-state index contributed by atoms with van der Waals surface area (Å²) < 4.78 is 0. The summed E-state index contributed by atoms with van der Waals surface area (Å²) in [6.07, 6.45) is 3.10. The molecule has 1 fully saturated rings. The lowest BCUT2D eigenvalue weighted by Gasteiger charge is -2.28. The predicted octanol–water partition coefficient (Wildman–Crippen LogP) is 1.63. The summed E-state index contributed by atoms with van der Waals surface area (Å²) in [6, 6.07) is -0.357. The van der Waals surface area contributed by atoms with Gasteiger partial charge in [-0.05, 0) is 25.9 Å². The summed E-state index contributed by atoms with van der Waals surface area (Å²) >= 11 is 1.37. The first kappa shape index (κ1) is 17.1. The Kier molecular flexibility index (Phi) is 6.53. The molecular weight excluding hydrogens is 302 g/mol. The molecule has 124 valence electrons. The van der Waals surface area contributed by atoms with E-state index in [4.69, 9.17) is 0 Å². The van der Waals surface area contributed by atoms with Crippen LogP contribution in [0.1, 0.15) is 44.0 Å². The van der Waals surface area contributed by atoms with Crippen LogP contribution in [0.25, 0.3) is 0 Å². The first-order valence-corrected chi connectivity index (χ1v) is 8.65. The average molecular weight is 327 g/mol. The van der Waals surface area contributed by atoms with Crippen LogP contribution in [-0.4, -0.2) is 58.5 Å². The number of aliphatic hydroxyl groups is 1. The summed E-state index contributed by atoms with van der Waals surface area (Å²) in [7, 11) is 0. The maximum atomic E-state index is 11.8. The van der Waals surface area contributed by atoms with E-state index in [2.05, 4.69) is 25.7 Å². The third kappa shape index (κ3) is 5.51. The van der Waals surface area contributed by atoms with E-state index < -0.39 is 6.10 Å². The zero-order chi connectivity index (χ0) is 15.9. The Bertz CT molecular complexity index is 474. The Morgan fingerprint density at radius 2 is 2.05 bits per heavy atom. The predicted molar refractivity (Wildman–Crippen MR) is 87.3 cm³/mol. The van der Waals surface area contributed by atoms with Crippen LogP contribution in [0.5, 0.6) is 0 Å². The molecule has 1 aromatic heterocycles. The normalized spacial score (nSPS) is 17.5. The zero-order valence-corrected chi connectivity index (χ0v) is 14.0. The van der Waals surface area contributed by atoms with E-state index in [0.29, 0.717) is 17.6 Å². The molecule has 1 atom stereocenters. The number of aromatic nitrogens is 2. The van der Waals surface area contributed by atoms with Crippen LogP contribution in [0.4, 0.5) is 9.93 Å². The topological polar surface area (TPSA) is 90.4 Å². The van der Waals surface area contributed by atoms with Crippen molar-refractivity contribution in [2.45, 2.75) is 45.1 Å². The van der Waals surface area contributed by atoms with Gasteiger partial charge in [0.05, 0.1) is 6.10 Å². The van der Waals surface area contributed by atoms with Crippen LogP contribution in [0.15, 0.2) is 0 Å². The van der Waals surface area contributed by atoms with Crippen LogP contribution >= 0.6 is 11.3 Å². The van der Waals surface area contributed by atoms with Crippen LogP contribution in [-0.2, 0) is 0 Å². The standard InChI is InChI=1S/C14H25N5O2S/c1-10(2)12-17-18-14(22-12)16-13(21)15-8-11(20)9-19-6-4-3-5-7-19/h10-11,20H,3-9H2,1-2H3,(H2,15,16,18,21)/t11-/m1/s1. The van der Waals surface area contributed by atoms with E-state index in [1.165, 1.54) is 30.6 Å². The maximum absolute atomic E-state index is 11.8. The van der Waals surface area contributed by atoms with Gasteiger partial charge in [0.1, 0.15) is 5.01 Å². The molecule has 8 heteroatoms. The SMILES string of the molecule is CC(C)c1nnc(NC(=O)NC[C@@H](O)CN2CCCCC2)s1. The quantitative estimate of drug-likeness (QED) is 0.739. The molecule has 7 nitrogen and oxygen atoms in total. The second kappa shape index (κ2) is 8.40. The van der Waals surface area contributed by atoms with Crippen LogP contribution in [0.3, 0.4) is 0 Å². The van der Waals surface area contributed by atoms with Gasteiger partial charge in [-0.15, -0.1) is 10.2 Å². The Labute approximate surface area is 135 Å². The molecule has 0 bridgehead atoms. The molecule has 22 heavy (non-hydrogen) atoms. The lowest BCUT2D eigenvalue weighted by Crippen LogP contribution is -2.42. The molecular formula is C14H25N5O2S. The van der Waals surface area contributed by atoms with Crippen molar-refractivity contribution in [1.82, 2.24) is 20.4 Å². The Hall–Kier alpha value is -1.25. The molecule has 0 saturated carbocycles. The van der Waals surface area contributed by atoms with Crippen molar-refractivity contribution < 1.29 is 9.90 Å². The molecule has 2 amide bonds. The van der Waals surface area contributed by atoms with Gasteiger partial charge in [0.25, 0.3) is 0 Å². The zero-order valence-electron chi connectivity index (χ0n) is 13.2. The molecule has 0 aromatic carbocycles. The fourth-order valence-corrected chi connectivity index (χ4v) is 3.12. The smallest absolute Gasteiger partial charge is 0.321 e. The summed E-state index contributed by atoms with van der Waals surface area (Å²) in [5, 5.41) is 24.6. The minimum Gasteiger partial charge on any atom is -0.390 e. The number of carbonyl (C=O) groups is 1. The first-order valence-electron chi connectivity index (χ1n) is 7.83. The lowest BCUT2D eigenvalue weighted by molar-refractivity contribution is 0.102. The number of urea groups is 1. The number of carbonyl (C=O) groups excluding carboxylic acids is 1. The number of aliphatic hydroxyl groups excluding tert-OH is 1. The van der Waals surface area contributed by atoms with Crippen LogP contribution < -0.4 is 10.6 Å². The van der Waals surface area contributed by atoms with Gasteiger partial charge < -0.3 is 15.3 Å². The van der Waals surface area contributed by atoms with Gasteiger partial charge in [-0.1, -0.05) is 31.6 Å². The second-order valence-electron chi connectivity index (χ2n) is 5.95. The van der Waals surface area contributed by atoms with Crippen molar-refractivity contribution in [3.63, 3.8) is 0 Å². The van der Waals surface area contributed by atoms with Gasteiger partial charge in [0, 0.05) is 19.0 Å². The third-order valence-electron chi connectivity index (χ3n) is 3.57. The summed E-state index contributed by atoms with van der Waals surface area (Å²) in [5.41, 5.74) is 0. The van der Waals surface area contributed by atoms with Crippen molar-refractivity contribution in [2.75, 3.05) is 31.5 Å². The summed E-state index contributed by atoms with van der Waals surface area (Å²) in [5.74, 6) is 0.294. The Morgan fingerprint density at radius 1 is 1.32 bits per heavy atom. The maximum Gasteiger partial charge on any atom is 0.321 e. The highest BCUT2D eigenvalue weighted by molar-refractivity contribution is 7.15. The van der Waals surface area contributed by atoms with Gasteiger partial charge in [-0.25, -0.2) is 4.79 Å². The molecule has 2 heterocycles. The van der Waals surface area contributed by atoms with Crippen molar-refractivity contribution in [1.29, 1.82) is 0 Å². The number of likely N-dealkylation sites (tertiary alicyclic amines) is 1. The number of hydrogen-bond acceptors (Lipinski definition) is 6. The number of nitrogens with one attached hydrogen (secondary N) is 2. The number of nitrogens with zero attached hydrogens (tertiary/aromatic N) is 3. The number of anilines is 1. The molecule has 0 unspecified atom stereocenters. The number of amides is 2. The number of piperidine rings is 1. The first-order chi connectivity index (χ1) is 10.5. The molecule has 1 aromatic rings. The van der Waals surface area contributed by atoms with Crippen molar-refractivity contribution in [3.8, 4) is 0 Å². The molecule has 2 rings (SSSR count). The minimum absolute atomic E-state index is 0.234. The summed E-state index contributed by atoms with van der Waals surface area (Å²) in [6.45, 7) is 6.97. The van der Waals surface area contributed by atoms with E-state index in [1.807, 2.05) is 13.8 Å². The Morgan fingerprint density at radius 3 is 2.68 bits per heavy atom. The van der Waals surface area contributed by atoms with Crippen molar-refractivity contribution in [2.24, 2.45) is 0 Å². The van der Waals surface area contributed by atoms with Gasteiger partial charge in [0.2, 0.25) is 5.13 Å². The van der Waals surface area contributed by atoms with Crippen LogP contribution in [0.2, 0.25) is 0 Å². The number of hydrogen-bond donors (Lipinski definition) is 3. The van der Waals surface area contributed by atoms with Crippen molar-refractivity contribution in [3.05, 3.63) is 5.01 Å². The fourth-order valence-electron chi connectivity index (χ4n) is 2.37. The van der Waals surface area contributed by atoms with E-state index in [-0.39, 0.29) is 12.6 Å². The van der Waals surface area contributed by atoms with Crippen LogP contribution in [0, 0.1) is 0 Å². The van der Waals surface area contributed by atoms with Gasteiger partial charge >= 0.3 is 6.03 Å². The molecule has 0 spiro atoms. The second-order valence-corrected chi connectivity index (χ2v) is 6.96. The largest absolute Gasteiger partial charge is 0.390 e. The Balaban J connectivity index is 1.67. The van der Waals surface area contributed by atoms with Gasteiger partial charge in [-0.3, -0.25) is 5.32 Å². The molecule has 1 aliphatic rings. The molecule has 3 N–H and O–H groups in total. The van der Waals surface area contributed by atoms with Gasteiger partial charge in [0.15, 0.2) is 0 Å². The molecule has 0 aliphatic carbocycles.